The van der Waals surface area contributed by atoms with Gasteiger partial charge in [-0.25, -0.2) is 4.98 Å². The Hall–Kier alpha value is -3.10. The number of benzene rings is 2. The number of hydroxylamine groups is 1. The SMILES string of the molecule is C/C(=C/C(C)NO)c1cccc(OCc2nc(-c3ccc(C(F)(F)F)cc3)oc2C)c1. The van der Waals surface area contributed by atoms with Crippen molar-refractivity contribution in [1.29, 1.82) is 0 Å². The molecule has 3 aromatic rings. The number of halogens is 3. The number of hydrogen-bond donors (Lipinski definition) is 2. The molecule has 3 rings (SSSR count). The van der Waals surface area contributed by atoms with Gasteiger partial charge >= 0.3 is 6.18 Å². The molecule has 2 aromatic carbocycles. The van der Waals surface area contributed by atoms with E-state index in [1.807, 2.05) is 44.2 Å². The first-order valence-corrected chi connectivity index (χ1v) is 9.62. The lowest BCUT2D eigenvalue weighted by molar-refractivity contribution is -0.137. The number of aryl methyl sites for hydroxylation is 1. The highest BCUT2D eigenvalue weighted by Gasteiger charge is 2.30. The van der Waals surface area contributed by atoms with Gasteiger partial charge in [-0.3, -0.25) is 0 Å². The molecule has 0 spiro atoms. The predicted octanol–water partition coefficient (Wildman–Crippen LogP) is 6.02. The summed E-state index contributed by atoms with van der Waals surface area (Å²) in [4.78, 5) is 4.37. The van der Waals surface area contributed by atoms with Gasteiger partial charge in [-0.2, -0.15) is 18.7 Å². The molecule has 1 heterocycles. The second-order valence-electron chi connectivity index (χ2n) is 7.18. The van der Waals surface area contributed by atoms with Crippen LogP contribution in [0.15, 0.2) is 59.0 Å². The number of allylic oxidation sites excluding steroid dienone is 1. The molecule has 8 heteroatoms. The summed E-state index contributed by atoms with van der Waals surface area (Å²) in [6.45, 7) is 5.64. The molecule has 0 aliphatic heterocycles. The number of aromatic nitrogens is 1. The molecule has 2 N–H and O–H groups in total. The summed E-state index contributed by atoms with van der Waals surface area (Å²) in [7, 11) is 0. The number of nitrogens with zero attached hydrogens (tertiary/aromatic N) is 1. The van der Waals surface area contributed by atoms with Gasteiger partial charge in [-0.15, -0.1) is 0 Å². The minimum atomic E-state index is -4.39. The van der Waals surface area contributed by atoms with Crippen molar-refractivity contribution < 1.29 is 27.5 Å². The third-order valence-corrected chi connectivity index (χ3v) is 4.72. The maximum absolute atomic E-state index is 12.7. The zero-order valence-corrected chi connectivity index (χ0v) is 17.3. The molecule has 0 saturated heterocycles. The van der Waals surface area contributed by atoms with Crippen LogP contribution in [0.25, 0.3) is 17.0 Å². The molecule has 1 aromatic heterocycles. The van der Waals surface area contributed by atoms with Crippen LogP contribution in [0.2, 0.25) is 0 Å². The van der Waals surface area contributed by atoms with Gasteiger partial charge in [0.05, 0.1) is 5.56 Å². The molecule has 5 nitrogen and oxygen atoms in total. The molecule has 31 heavy (non-hydrogen) atoms. The number of ether oxygens (including phenoxy) is 1. The van der Waals surface area contributed by atoms with Gasteiger partial charge in [0, 0.05) is 11.6 Å². The van der Waals surface area contributed by atoms with Crippen LogP contribution in [-0.2, 0) is 12.8 Å². The predicted molar refractivity (Wildman–Crippen MR) is 110 cm³/mol. The Morgan fingerprint density at radius 2 is 1.94 bits per heavy atom. The smallest absolute Gasteiger partial charge is 0.416 e. The van der Waals surface area contributed by atoms with Crippen LogP contribution >= 0.6 is 0 Å². The van der Waals surface area contributed by atoms with Crippen molar-refractivity contribution in [2.45, 2.75) is 39.6 Å². The Labute approximate surface area is 178 Å². The van der Waals surface area contributed by atoms with Crippen molar-refractivity contribution in [2.24, 2.45) is 0 Å². The Bertz CT molecular complexity index is 1060. The van der Waals surface area contributed by atoms with Crippen LogP contribution in [0, 0.1) is 6.92 Å². The first-order valence-electron chi connectivity index (χ1n) is 9.62. The fraction of sp³-hybridized carbons (Fsp3) is 0.261. The zero-order valence-electron chi connectivity index (χ0n) is 17.3. The van der Waals surface area contributed by atoms with Gasteiger partial charge in [-0.1, -0.05) is 18.2 Å². The molecule has 0 saturated carbocycles. The average molecular weight is 432 g/mol. The third-order valence-electron chi connectivity index (χ3n) is 4.72. The van der Waals surface area contributed by atoms with Crippen molar-refractivity contribution in [3.05, 3.63) is 77.2 Å². The van der Waals surface area contributed by atoms with Crippen LogP contribution in [0.1, 0.15) is 36.4 Å². The van der Waals surface area contributed by atoms with E-state index in [1.165, 1.54) is 12.1 Å². The van der Waals surface area contributed by atoms with Crippen molar-refractivity contribution >= 4 is 5.57 Å². The van der Waals surface area contributed by atoms with Gasteiger partial charge < -0.3 is 14.4 Å². The second-order valence-corrected chi connectivity index (χ2v) is 7.18. The van der Waals surface area contributed by atoms with Crippen LogP contribution in [0.4, 0.5) is 13.2 Å². The van der Waals surface area contributed by atoms with Crippen LogP contribution in [-0.4, -0.2) is 16.2 Å². The average Bonchev–Trinajstić information content (AvgIpc) is 3.12. The quantitative estimate of drug-likeness (QED) is 0.447. The standard InChI is InChI=1S/C23H23F3N2O3/c1-14(11-15(2)28-29)18-5-4-6-20(12-18)30-13-21-16(3)31-22(27-21)17-7-9-19(10-8-17)23(24,25)26/h4-12,15,28-29H,13H2,1-3H3/b14-11-. The summed E-state index contributed by atoms with van der Waals surface area (Å²) in [6, 6.07) is 12.0. The van der Waals surface area contributed by atoms with Gasteiger partial charge in [0.1, 0.15) is 23.8 Å². The van der Waals surface area contributed by atoms with E-state index in [0.717, 1.165) is 23.3 Å². The molecule has 164 valence electrons. The lowest BCUT2D eigenvalue weighted by atomic mass is 10.1. The number of alkyl halides is 3. The Balaban J connectivity index is 1.72. The van der Waals surface area contributed by atoms with Gasteiger partial charge in [0.25, 0.3) is 0 Å². The monoisotopic (exact) mass is 432 g/mol. The van der Waals surface area contributed by atoms with E-state index >= 15 is 0 Å². The highest BCUT2D eigenvalue weighted by atomic mass is 19.4. The van der Waals surface area contributed by atoms with Crippen molar-refractivity contribution in [2.75, 3.05) is 0 Å². The van der Waals surface area contributed by atoms with E-state index in [1.54, 1.807) is 6.92 Å². The highest BCUT2D eigenvalue weighted by Crippen LogP contribution is 2.31. The molecule has 0 aliphatic rings. The van der Waals surface area contributed by atoms with Gasteiger partial charge in [0.2, 0.25) is 5.89 Å². The topological polar surface area (TPSA) is 67.5 Å². The molecule has 0 amide bonds. The minimum absolute atomic E-state index is 0.150. The van der Waals surface area contributed by atoms with E-state index in [-0.39, 0.29) is 18.5 Å². The van der Waals surface area contributed by atoms with E-state index in [0.29, 0.717) is 22.8 Å². The Kier molecular flexibility index (Phi) is 6.82. The Morgan fingerprint density at radius 1 is 1.23 bits per heavy atom. The summed E-state index contributed by atoms with van der Waals surface area (Å²) in [5.74, 6) is 1.40. The summed E-state index contributed by atoms with van der Waals surface area (Å²) in [6.07, 6.45) is -2.50. The lowest BCUT2D eigenvalue weighted by Gasteiger charge is -2.09. The maximum Gasteiger partial charge on any atom is 0.416 e. The molecule has 0 radical (unpaired) electrons. The normalized spacial score (nSPS) is 13.3. The van der Waals surface area contributed by atoms with E-state index in [2.05, 4.69) is 10.5 Å². The highest BCUT2D eigenvalue weighted by molar-refractivity contribution is 5.65. The van der Waals surface area contributed by atoms with Gasteiger partial charge in [-0.05, 0) is 68.3 Å². The van der Waals surface area contributed by atoms with Crippen molar-refractivity contribution in [3.63, 3.8) is 0 Å². The van der Waals surface area contributed by atoms with Crippen LogP contribution < -0.4 is 10.2 Å². The molecule has 0 fully saturated rings. The number of nitrogens with one attached hydrogen (secondary N) is 1. The molecule has 0 aliphatic carbocycles. The largest absolute Gasteiger partial charge is 0.487 e. The van der Waals surface area contributed by atoms with E-state index < -0.39 is 11.7 Å². The van der Waals surface area contributed by atoms with Crippen molar-refractivity contribution in [1.82, 2.24) is 10.5 Å². The fourth-order valence-electron chi connectivity index (χ4n) is 2.98. The van der Waals surface area contributed by atoms with E-state index in [9.17, 15) is 13.2 Å². The van der Waals surface area contributed by atoms with Crippen LogP contribution in [0.3, 0.4) is 0 Å². The number of hydrogen-bond acceptors (Lipinski definition) is 5. The lowest BCUT2D eigenvalue weighted by Crippen LogP contribution is -2.19. The summed E-state index contributed by atoms with van der Waals surface area (Å²) in [5.41, 5.74) is 4.39. The van der Waals surface area contributed by atoms with Crippen LogP contribution in [0.5, 0.6) is 5.75 Å². The maximum atomic E-state index is 12.7. The number of oxazole rings is 1. The summed E-state index contributed by atoms with van der Waals surface area (Å²) < 4.78 is 49.7. The van der Waals surface area contributed by atoms with E-state index in [4.69, 9.17) is 14.4 Å². The summed E-state index contributed by atoms with van der Waals surface area (Å²) >= 11 is 0. The third kappa shape index (κ3) is 5.74. The first kappa shape index (κ1) is 22.6. The van der Waals surface area contributed by atoms with Crippen molar-refractivity contribution in [3.8, 4) is 17.2 Å². The molecule has 0 bridgehead atoms. The van der Waals surface area contributed by atoms with Gasteiger partial charge in [0.15, 0.2) is 0 Å². The fourth-order valence-corrected chi connectivity index (χ4v) is 2.98. The molecular weight excluding hydrogens is 409 g/mol. The first-order chi connectivity index (χ1) is 14.7. The zero-order chi connectivity index (χ0) is 22.6. The second kappa shape index (κ2) is 9.36. The minimum Gasteiger partial charge on any atom is -0.487 e. The molecule has 1 unspecified atom stereocenters. The molecule has 1 atom stereocenters. The number of rotatable bonds is 7. The Morgan fingerprint density at radius 3 is 2.58 bits per heavy atom. The molecular formula is C23H23F3N2O3. The summed E-state index contributed by atoms with van der Waals surface area (Å²) in [5, 5.41) is 8.97.